The second kappa shape index (κ2) is 4.94. The van der Waals surface area contributed by atoms with Gasteiger partial charge in [0.05, 0.1) is 5.25 Å². The molecule has 1 saturated carbocycles. The Kier molecular flexibility index (Phi) is 4.19. The third kappa shape index (κ3) is 3.42. The summed E-state index contributed by atoms with van der Waals surface area (Å²) in [5.74, 6) is -1.11. The van der Waals surface area contributed by atoms with Crippen LogP contribution >= 0.6 is 0 Å². The maximum atomic E-state index is 12.4. The lowest BCUT2D eigenvalue weighted by atomic mass is 10.1. The molecular formula is C11H21NO4S. The standard InChI is InChI=1S/C11H21NO4S/c1-11(2,3)12(8-10(13)14)17(15,16)9-6-4-5-7-9/h9H,4-8H2,1-3H3,(H,13,14). The van der Waals surface area contributed by atoms with Crippen molar-refractivity contribution in [1.82, 2.24) is 4.31 Å². The number of hydrogen-bond acceptors (Lipinski definition) is 3. The first kappa shape index (κ1) is 14.4. The van der Waals surface area contributed by atoms with E-state index in [1.165, 1.54) is 0 Å². The van der Waals surface area contributed by atoms with Crippen LogP contribution in [0.5, 0.6) is 0 Å². The van der Waals surface area contributed by atoms with E-state index in [-0.39, 0.29) is 0 Å². The number of carboxylic acids is 1. The van der Waals surface area contributed by atoms with E-state index in [1.807, 2.05) is 0 Å². The minimum Gasteiger partial charge on any atom is -0.480 e. The maximum Gasteiger partial charge on any atom is 0.318 e. The summed E-state index contributed by atoms with van der Waals surface area (Å²) in [7, 11) is -3.50. The number of aliphatic carboxylic acids is 1. The first-order chi connectivity index (χ1) is 7.65. The fourth-order valence-corrected chi connectivity index (χ4v) is 4.54. The quantitative estimate of drug-likeness (QED) is 0.833. The van der Waals surface area contributed by atoms with Crippen molar-refractivity contribution in [2.45, 2.75) is 57.2 Å². The molecule has 5 nitrogen and oxygen atoms in total. The molecule has 0 bridgehead atoms. The fourth-order valence-electron chi connectivity index (χ4n) is 2.20. The summed E-state index contributed by atoms with van der Waals surface area (Å²) in [5.41, 5.74) is -0.695. The lowest BCUT2D eigenvalue weighted by molar-refractivity contribution is -0.138. The van der Waals surface area contributed by atoms with Crippen molar-refractivity contribution >= 4 is 16.0 Å². The van der Waals surface area contributed by atoms with E-state index < -0.39 is 33.3 Å². The highest BCUT2D eigenvalue weighted by Crippen LogP contribution is 2.30. The van der Waals surface area contributed by atoms with E-state index in [0.717, 1.165) is 17.1 Å². The number of rotatable bonds is 4. The summed E-state index contributed by atoms with van der Waals surface area (Å²) in [6, 6.07) is 0. The van der Waals surface area contributed by atoms with Crippen molar-refractivity contribution in [2.24, 2.45) is 0 Å². The fraction of sp³-hybridized carbons (Fsp3) is 0.909. The van der Waals surface area contributed by atoms with Crippen molar-refractivity contribution < 1.29 is 18.3 Å². The van der Waals surface area contributed by atoms with E-state index in [9.17, 15) is 13.2 Å². The normalized spacial score (nSPS) is 18.8. The van der Waals surface area contributed by atoms with E-state index in [4.69, 9.17) is 5.11 Å². The summed E-state index contributed by atoms with van der Waals surface area (Å²) in [4.78, 5) is 10.8. The molecule has 1 aliphatic rings. The van der Waals surface area contributed by atoms with Gasteiger partial charge in [-0.05, 0) is 33.6 Å². The zero-order valence-corrected chi connectivity index (χ0v) is 11.5. The molecule has 100 valence electrons. The molecule has 1 fully saturated rings. The van der Waals surface area contributed by atoms with E-state index in [1.54, 1.807) is 20.8 Å². The van der Waals surface area contributed by atoms with Crippen LogP contribution in [0.1, 0.15) is 46.5 Å². The van der Waals surface area contributed by atoms with Crippen LogP contribution in [0.4, 0.5) is 0 Å². The van der Waals surface area contributed by atoms with E-state index in [0.29, 0.717) is 12.8 Å². The Hall–Kier alpha value is -0.620. The molecule has 0 aromatic heterocycles. The maximum absolute atomic E-state index is 12.4. The molecule has 0 atom stereocenters. The van der Waals surface area contributed by atoms with Crippen LogP contribution in [-0.2, 0) is 14.8 Å². The Bertz CT molecular complexity index is 377. The topological polar surface area (TPSA) is 74.7 Å². The molecule has 1 aliphatic carbocycles. The average Bonchev–Trinajstić information content (AvgIpc) is 2.64. The van der Waals surface area contributed by atoms with Gasteiger partial charge in [0.1, 0.15) is 6.54 Å². The van der Waals surface area contributed by atoms with Crippen LogP contribution in [0, 0.1) is 0 Å². The molecule has 0 saturated heterocycles. The monoisotopic (exact) mass is 263 g/mol. The van der Waals surface area contributed by atoms with Gasteiger partial charge in [-0.3, -0.25) is 4.79 Å². The lowest BCUT2D eigenvalue weighted by Crippen LogP contribution is -2.51. The van der Waals surface area contributed by atoms with Gasteiger partial charge in [-0.2, -0.15) is 4.31 Å². The van der Waals surface area contributed by atoms with Crippen molar-refractivity contribution in [1.29, 1.82) is 0 Å². The first-order valence-electron chi connectivity index (χ1n) is 5.89. The summed E-state index contributed by atoms with van der Waals surface area (Å²) < 4.78 is 25.9. The highest BCUT2D eigenvalue weighted by Gasteiger charge is 2.40. The number of carboxylic acid groups (broad SMARTS) is 1. The highest BCUT2D eigenvalue weighted by molar-refractivity contribution is 7.89. The Labute approximate surface area is 103 Å². The molecule has 17 heavy (non-hydrogen) atoms. The largest absolute Gasteiger partial charge is 0.480 e. The van der Waals surface area contributed by atoms with E-state index >= 15 is 0 Å². The van der Waals surface area contributed by atoms with Gasteiger partial charge in [0.25, 0.3) is 0 Å². The molecule has 1 N–H and O–H groups in total. The third-order valence-corrected chi connectivity index (χ3v) is 5.66. The Morgan fingerprint density at radius 1 is 1.29 bits per heavy atom. The predicted molar refractivity (Wildman–Crippen MR) is 65.3 cm³/mol. The van der Waals surface area contributed by atoms with Gasteiger partial charge < -0.3 is 5.11 Å². The van der Waals surface area contributed by atoms with Crippen LogP contribution in [-0.4, -0.2) is 41.1 Å². The van der Waals surface area contributed by atoms with Gasteiger partial charge in [-0.15, -0.1) is 0 Å². The Morgan fingerprint density at radius 3 is 2.12 bits per heavy atom. The van der Waals surface area contributed by atoms with Crippen LogP contribution in [0.25, 0.3) is 0 Å². The molecule has 0 unspecified atom stereocenters. The minimum atomic E-state index is -3.50. The van der Waals surface area contributed by atoms with Crippen molar-refractivity contribution in [3.63, 3.8) is 0 Å². The minimum absolute atomic E-state index is 0.402. The Morgan fingerprint density at radius 2 is 1.76 bits per heavy atom. The van der Waals surface area contributed by atoms with E-state index in [2.05, 4.69) is 0 Å². The van der Waals surface area contributed by atoms with Crippen molar-refractivity contribution in [2.75, 3.05) is 6.54 Å². The van der Waals surface area contributed by atoms with Crippen molar-refractivity contribution in [3.8, 4) is 0 Å². The van der Waals surface area contributed by atoms with Gasteiger partial charge in [0, 0.05) is 5.54 Å². The zero-order chi connectivity index (χ0) is 13.3. The van der Waals surface area contributed by atoms with Gasteiger partial charge in [-0.1, -0.05) is 12.8 Å². The van der Waals surface area contributed by atoms with Gasteiger partial charge in [0.15, 0.2) is 0 Å². The molecule has 0 aromatic carbocycles. The molecule has 6 heteroatoms. The molecular weight excluding hydrogens is 242 g/mol. The van der Waals surface area contributed by atoms with Crippen molar-refractivity contribution in [3.05, 3.63) is 0 Å². The number of carbonyl (C=O) groups is 1. The number of hydrogen-bond donors (Lipinski definition) is 1. The third-order valence-electron chi connectivity index (χ3n) is 3.06. The molecule has 0 aromatic rings. The van der Waals surface area contributed by atoms with Crippen LogP contribution in [0.2, 0.25) is 0 Å². The molecule has 0 heterocycles. The average molecular weight is 263 g/mol. The summed E-state index contributed by atoms with van der Waals surface area (Å²) in [6.07, 6.45) is 3.12. The Balaban J connectivity index is 3.00. The predicted octanol–water partition coefficient (Wildman–Crippen LogP) is 1.44. The van der Waals surface area contributed by atoms with Gasteiger partial charge >= 0.3 is 5.97 Å². The van der Waals surface area contributed by atoms with Crippen LogP contribution in [0.3, 0.4) is 0 Å². The lowest BCUT2D eigenvalue weighted by Gasteiger charge is -2.35. The second-order valence-corrected chi connectivity index (χ2v) is 7.66. The summed E-state index contributed by atoms with van der Waals surface area (Å²) in [6.45, 7) is 4.72. The van der Waals surface area contributed by atoms with Crippen LogP contribution < -0.4 is 0 Å². The molecule has 0 amide bonds. The molecule has 0 aliphatic heterocycles. The zero-order valence-electron chi connectivity index (χ0n) is 10.6. The molecule has 0 radical (unpaired) electrons. The summed E-state index contributed by atoms with van der Waals surface area (Å²) >= 11 is 0. The number of nitrogens with zero attached hydrogens (tertiary/aromatic N) is 1. The number of sulfonamides is 1. The molecule has 1 rings (SSSR count). The van der Waals surface area contributed by atoms with Crippen LogP contribution in [0.15, 0.2) is 0 Å². The van der Waals surface area contributed by atoms with Gasteiger partial charge in [-0.25, -0.2) is 8.42 Å². The highest BCUT2D eigenvalue weighted by atomic mass is 32.2. The summed E-state index contributed by atoms with van der Waals surface area (Å²) in [5, 5.41) is 8.45. The molecule has 0 spiro atoms. The first-order valence-corrected chi connectivity index (χ1v) is 7.39. The SMILES string of the molecule is CC(C)(C)N(CC(=O)O)S(=O)(=O)C1CCCC1. The van der Waals surface area contributed by atoms with Gasteiger partial charge in [0.2, 0.25) is 10.0 Å². The second-order valence-electron chi connectivity index (χ2n) is 5.52. The smallest absolute Gasteiger partial charge is 0.318 e.